The second-order valence-electron chi connectivity index (χ2n) is 4.24. The molecule has 0 spiro atoms. The van der Waals surface area contributed by atoms with Crippen LogP contribution in [-0.2, 0) is 0 Å². The van der Waals surface area contributed by atoms with E-state index in [-0.39, 0.29) is 0 Å². The molecule has 0 atom stereocenters. The fraction of sp³-hybridized carbons (Fsp3) is 0.0667. The van der Waals surface area contributed by atoms with E-state index < -0.39 is 0 Å². The smallest absolute Gasteiger partial charge is 0.170 e. The Labute approximate surface area is 124 Å². The molecule has 20 heavy (non-hydrogen) atoms. The molecule has 3 rings (SSSR count). The summed E-state index contributed by atoms with van der Waals surface area (Å²) in [7, 11) is 1.61. The van der Waals surface area contributed by atoms with Gasteiger partial charge in [0.25, 0.3) is 0 Å². The van der Waals surface area contributed by atoms with Gasteiger partial charge in [-0.1, -0.05) is 22.0 Å². The molecule has 0 unspecified atom stereocenters. The number of carbonyl (C=O) groups excluding carboxylic acids is 1. The summed E-state index contributed by atoms with van der Waals surface area (Å²) in [6.07, 6.45) is 2.65. The lowest BCUT2D eigenvalue weighted by atomic mass is 10.2. The highest BCUT2D eigenvalue weighted by atomic mass is 79.9. The Bertz CT molecular complexity index is 796. The monoisotopic (exact) mass is 330 g/mol. The minimum absolute atomic E-state index is 0.419. The summed E-state index contributed by atoms with van der Waals surface area (Å²) in [6.45, 7) is 0. The van der Waals surface area contributed by atoms with E-state index in [0.29, 0.717) is 17.3 Å². The number of aromatic nitrogens is 2. The Balaban J connectivity index is 2.35. The third kappa shape index (κ3) is 2.00. The van der Waals surface area contributed by atoms with Crippen molar-refractivity contribution in [2.45, 2.75) is 0 Å². The summed E-state index contributed by atoms with van der Waals surface area (Å²) < 4.78 is 8.19. The molecule has 1 aromatic carbocycles. The van der Waals surface area contributed by atoms with Gasteiger partial charge in [-0.25, -0.2) is 4.98 Å². The first-order chi connectivity index (χ1) is 9.74. The van der Waals surface area contributed by atoms with Crippen LogP contribution in [0.25, 0.3) is 16.9 Å². The van der Waals surface area contributed by atoms with Gasteiger partial charge in [0.05, 0.1) is 18.2 Å². The van der Waals surface area contributed by atoms with Crippen molar-refractivity contribution in [3.8, 4) is 17.1 Å². The number of carbonyl (C=O) groups is 1. The van der Waals surface area contributed by atoms with Gasteiger partial charge in [-0.15, -0.1) is 0 Å². The lowest BCUT2D eigenvalue weighted by Crippen LogP contribution is -1.93. The van der Waals surface area contributed by atoms with Crippen LogP contribution >= 0.6 is 15.9 Å². The molecule has 2 heterocycles. The topological polar surface area (TPSA) is 43.6 Å². The Hall–Kier alpha value is -2.14. The van der Waals surface area contributed by atoms with Crippen molar-refractivity contribution >= 4 is 27.7 Å². The number of fused-ring (bicyclic) bond motifs is 1. The molecular weight excluding hydrogens is 320 g/mol. The van der Waals surface area contributed by atoms with Crippen LogP contribution in [0.5, 0.6) is 5.75 Å². The van der Waals surface area contributed by atoms with Crippen molar-refractivity contribution in [1.29, 1.82) is 0 Å². The van der Waals surface area contributed by atoms with E-state index in [1.54, 1.807) is 7.11 Å². The highest BCUT2D eigenvalue weighted by Crippen LogP contribution is 2.32. The van der Waals surface area contributed by atoms with Crippen LogP contribution in [-0.4, -0.2) is 22.8 Å². The standard InChI is InChI=1S/C15H11BrN2O2/c1-20-14-6-5-10(16)8-11(14)15-17-12(9-19)13-4-2-3-7-18(13)15/h2-9H,1H3. The van der Waals surface area contributed by atoms with E-state index >= 15 is 0 Å². The maximum atomic E-state index is 11.2. The van der Waals surface area contributed by atoms with Gasteiger partial charge in [0.1, 0.15) is 17.3 Å². The molecule has 2 aromatic heterocycles. The molecule has 100 valence electrons. The van der Waals surface area contributed by atoms with Crippen LogP contribution in [0, 0.1) is 0 Å². The number of methoxy groups -OCH3 is 1. The van der Waals surface area contributed by atoms with Crippen molar-refractivity contribution in [1.82, 2.24) is 9.38 Å². The molecule has 0 fully saturated rings. The van der Waals surface area contributed by atoms with Gasteiger partial charge in [-0.2, -0.15) is 0 Å². The van der Waals surface area contributed by atoms with Crippen molar-refractivity contribution in [3.05, 3.63) is 52.8 Å². The Morgan fingerprint density at radius 1 is 1.30 bits per heavy atom. The SMILES string of the molecule is COc1ccc(Br)cc1-c1nc(C=O)c2ccccn12. The second kappa shape index (κ2) is 5.09. The number of benzene rings is 1. The normalized spacial score (nSPS) is 10.7. The first-order valence-corrected chi connectivity index (χ1v) is 6.80. The summed E-state index contributed by atoms with van der Waals surface area (Å²) in [4.78, 5) is 15.6. The largest absolute Gasteiger partial charge is 0.496 e. The first kappa shape index (κ1) is 12.9. The number of ether oxygens (including phenoxy) is 1. The highest BCUT2D eigenvalue weighted by molar-refractivity contribution is 9.10. The molecule has 0 bridgehead atoms. The number of nitrogens with zero attached hydrogens (tertiary/aromatic N) is 2. The van der Waals surface area contributed by atoms with Gasteiger partial charge >= 0.3 is 0 Å². The van der Waals surface area contributed by atoms with Gasteiger partial charge < -0.3 is 4.74 Å². The zero-order chi connectivity index (χ0) is 14.1. The second-order valence-corrected chi connectivity index (χ2v) is 5.15. The molecule has 0 saturated carbocycles. The van der Waals surface area contributed by atoms with Crippen LogP contribution in [0.3, 0.4) is 0 Å². The molecule has 3 aromatic rings. The molecule has 0 amide bonds. The van der Waals surface area contributed by atoms with Crippen LogP contribution in [0.4, 0.5) is 0 Å². The van der Waals surface area contributed by atoms with Crippen molar-refractivity contribution < 1.29 is 9.53 Å². The van der Waals surface area contributed by atoms with Gasteiger partial charge in [0.2, 0.25) is 0 Å². The van der Waals surface area contributed by atoms with Crippen LogP contribution in [0.1, 0.15) is 10.5 Å². The minimum atomic E-state index is 0.419. The molecule has 4 nitrogen and oxygen atoms in total. The molecular formula is C15H11BrN2O2. The van der Waals surface area contributed by atoms with Crippen LogP contribution in [0.15, 0.2) is 47.1 Å². The maximum Gasteiger partial charge on any atom is 0.170 e. The lowest BCUT2D eigenvalue weighted by Gasteiger charge is -2.08. The summed E-state index contributed by atoms with van der Waals surface area (Å²) >= 11 is 3.45. The zero-order valence-electron chi connectivity index (χ0n) is 10.7. The number of aldehydes is 1. The average Bonchev–Trinajstić information content (AvgIpc) is 2.86. The highest BCUT2D eigenvalue weighted by Gasteiger charge is 2.15. The van der Waals surface area contributed by atoms with Crippen molar-refractivity contribution in [2.24, 2.45) is 0 Å². The summed E-state index contributed by atoms with van der Waals surface area (Å²) in [5.74, 6) is 1.39. The first-order valence-electron chi connectivity index (χ1n) is 6.01. The van der Waals surface area contributed by atoms with Crippen LogP contribution in [0.2, 0.25) is 0 Å². The van der Waals surface area contributed by atoms with E-state index in [0.717, 1.165) is 21.8 Å². The van der Waals surface area contributed by atoms with Crippen molar-refractivity contribution in [3.63, 3.8) is 0 Å². The number of imidazole rings is 1. The fourth-order valence-electron chi connectivity index (χ4n) is 2.19. The Morgan fingerprint density at radius 3 is 2.90 bits per heavy atom. The van der Waals surface area contributed by atoms with Crippen LogP contribution < -0.4 is 4.74 Å². The number of hydrogen-bond acceptors (Lipinski definition) is 3. The molecule has 0 radical (unpaired) electrons. The summed E-state index contributed by atoms with van der Waals surface area (Å²) in [5.41, 5.74) is 2.03. The Kier molecular flexibility index (Phi) is 3.28. The molecule has 0 saturated heterocycles. The average molecular weight is 331 g/mol. The Morgan fingerprint density at radius 2 is 2.15 bits per heavy atom. The predicted octanol–water partition coefficient (Wildman–Crippen LogP) is 3.58. The number of rotatable bonds is 3. The summed E-state index contributed by atoms with van der Waals surface area (Å²) in [5, 5.41) is 0. The summed E-state index contributed by atoms with van der Waals surface area (Å²) in [6, 6.07) is 11.3. The molecule has 0 N–H and O–H groups in total. The number of halogens is 1. The fourth-order valence-corrected chi connectivity index (χ4v) is 2.55. The van der Waals surface area contributed by atoms with E-state index in [2.05, 4.69) is 20.9 Å². The van der Waals surface area contributed by atoms with Gasteiger partial charge in [0.15, 0.2) is 6.29 Å². The van der Waals surface area contributed by atoms with Gasteiger partial charge in [-0.05, 0) is 30.3 Å². The molecule has 0 aliphatic heterocycles. The number of pyridine rings is 1. The maximum absolute atomic E-state index is 11.2. The third-order valence-corrected chi connectivity index (χ3v) is 3.58. The minimum Gasteiger partial charge on any atom is -0.496 e. The van der Waals surface area contributed by atoms with Gasteiger partial charge in [0, 0.05) is 10.7 Å². The zero-order valence-corrected chi connectivity index (χ0v) is 12.3. The van der Waals surface area contributed by atoms with E-state index in [1.165, 1.54) is 0 Å². The van der Waals surface area contributed by atoms with Crippen molar-refractivity contribution in [2.75, 3.05) is 7.11 Å². The van der Waals surface area contributed by atoms with E-state index in [1.807, 2.05) is 47.0 Å². The van der Waals surface area contributed by atoms with E-state index in [9.17, 15) is 4.79 Å². The lowest BCUT2D eigenvalue weighted by molar-refractivity contribution is 0.112. The quantitative estimate of drug-likeness (QED) is 0.689. The molecule has 0 aliphatic rings. The predicted molar refractivity (Wildman–Crippen MR) is 80.3 cm³/mol. The third-order valence-electron chi connectivity index (χ3n) is 3.09. The molecule has 5 heteroatoms. The van der Waals surface area contributed by atoms with Gasteiger partial charge in [-0.3, -0.25) is 9.20 Å². The molecule has 0 aliphatic carbocycles. The number of hydrogen-bond donors (Lipinski definition) is 0. The van der Waals surface area contributed by atoms with E-state index in [4.69, 9.17) is 4.74 Å².